The van der Waals surface area contributed by atoms with Gasteiger partial charge in [0.15, 0.2) is 5.65 Å². The molecule has 1 fully saturated rings. The minimum atomic E-state index is -0.144. The number of hydrogen-bond acceptors (Lipinski definition) is 6. The minimum Gasteiger partial charge on any atom is -0.370 e. The number of hydrogen-bond donors (Lipinski definition) is 1. The van der Waals surface area contributed by atoms with Crippen LogP contribution in [-0.4, -0.2) is 51.5 Å². The van der Waals surface area contributed by atoms with Gasteiger partial charge in [-0.3, -0.25) is 0 Å². The molecule has 8 heteroatoms. The Morgan fingerprint density at radius 3 is 3.00 bits per heavy atom. The minimum absolute atomic E-state index is 0.144. The molecule has 2 aliphatic rings. The molecular formula is C17H22N5O2S+. The summed E-state index contributed by atoms with van der Waals surface area (Å²) in [5.74, 6) is 0.887. The normalized spacial score (nSPS) is 21.0. The fourth-order valence-electron chi connectivity index (χ4n) is 3.72. The first-order valence-corrected chi connectivity index (χ1v) is 9.60. The molecule has 1 saturated heterocycles. The lowest BCUT2D eigenvalue weighted by molar-refractivity contribution is -0.922. The van der Waals surface area contributed by atoms with Gasteiger partial charge in [-0.2, -0.15) is 0 Å². The zero-order chi connectivity index (χ0) is 17.0. The first kappa shape index (κ1) is 15.6. The van der Waals surface area contributed by atoms with E-state index in [-0.39, 0.29) is 5.60 Å². The van der Waals surface area contributed by atoms with Crippen LogP contribution in [0.15, 0.2) is 6.33 Å². The summed E-state index contributed by atoms with van der Waals surface area (Å²) in [5, 5.41) is 5.84. The van der Waals surface area contributed by atoms with Crippen molar-refractivity contribution in [2.45, 2.75) is 39.0 Å². The average molecular weight is 360 g/mol. The maximum absolute atomic E-state index is 5.96. The summed E-state index contributed by atoms with van der Waals surface area (Å²) < 4.78 is 13.2. The van der Waals surface area contributed by atoms with E-state index in [0.29, 0.717) is 6.61 Å². The SMILES string of the molecule is CC1(C)Cc2c(sc3ncn4nc(C[NH+]5CCOCC5)nc4c23)CO1. The lowest BCUT2D eigenvalue weighted by Crippen LogP contribution is -3.12. The van der Waals surface area contributed by atoms with Crippen molar-refractivity contribution in [3.63, 3.8) is 0 Å². The first-order chi connectivity index (χ1) is 12.1. The molecule has 25 heavy (non-hydrogen) atoms. The van der Waals surface area contributed by atoms with Crippen molar-refractivity contribution in [1.82, 2.24) is 19.6 Å². The van der Waals surface area contributed by atoms with E-state index in [4.69, 9.17) is 14.5 Å². The number of thiophene rings is 1. The topological polar surface area (TPSA) is 66.0 Å². The van der Waals surface area contributed by atoms with Gasteiger partial charge in [0.2, 0.25) is 5.82 Å². The summed E-state index contributed by atoms with van der Waals surface area (Å²) in [6.45, 7) is 9.46. The van der Waals surface area contributed by atoms with Gasteiger partial charge in [0, 0.05) is 11.3 Å². The molecule has 132 valence electrons. The highest BCUT2D eigenvalue weighted by Crippen LogP contribution is 2.39. The summed E-state index contributed by atoms with van der Waals surface area (Å²) in [4.78, 5) is 13.3. The van der Waals surface area contributed by atoms with E-state index in [9.17, 15) is 0 Å². The molecule has 5 rings (SSSR count). The van der Waals surface area contributed by atoms with Crippen molar-refractivity contribution >= 4 is 27.2 Å². The Hall–Kier alpha value is -1.61. The third-order valence-electron chi connectivity index (χ3n) is 5.06. The molecule has 0 aliphatic carbocycles. The second-order valence-electron chi connectivity index (χ2n) is 7.49. The van der Waals surface area contributed by atoms with Crippen molar-refractivity contribution in [3.8, 4) is 0 Å². The van der Waals surface area contributed by atoms with E-state index in [0.717, 1.165) is 61.0 Å². The monoisotopic (exact) mass is 360 g/mol. The summed E-state index contributed by atoms with van der Waals surface area (Å²) in [7, 11) is 0. The van der Waals surface area contributed by atoms with Crippen LogP contribution in [0.4, 0.5) is 0 Å². The van der Waals surface area contributed by atoms with Gasteiger partial charge in [-0.05, 0) is 19.4 Å². The maximum Gasteiger partial charge on any atom is 0.206 e. The number of nitrogens with zero attached hydrogens (tertiary/aromatic N) is 4. The Kier molecular flexibility index (Phi) is 3.56. The van der Waals surface area contributed by atoms with E-state index in [1.165, 1.54) is 15.3 Å². The van der Waals surface area contributed by atoms with Gasteiger partial charge in [-0.1, -0.05) is 0 Å². The number of morpholine rings is 1. The Bertz CT molecular complexity index is 941. The van der Waals surface area contributed by atoms with Gasteiger partial charge in [0.25, 0.3) is 0 Å². The third kappa shape index (κ3) is 2.73. The highest BCUT2D eigenvalue weighted by atomic mass is 32.1. The number of quaternary nitrogens is 1. The van der Waals surface area contributed by atoms with Crippen LogP contribution in [0, 0.1) is 0 Å². The summed E-state index contributed by atoms with van der Waals surface area (Å²) in [6.07, 6.45) is 2.68. The van der Waals surface area contributed by atoms with Crippen molar-refractivity contribution in [2.24, 2.45) is 0 Å². The molecule has 0 bridgehead atoms. The number of nitrogens with one attached hydrogen (secondary N) is 1. The Morgan fingerprint density at radius 2 is 2.16 bits per heavy atom. The molecule has 0 atom stereocenters. The van der Waals surface area contributed by atoms with Crippen molar-refractivity contribution in [3.05, 3.63) is 22.6 Å². The van der Waals surface area contributed by atoms with E-state index >= 15 is 0 Å². The molecule has 0 unspecified atom stereocenters. The Morgan fingerprint density at radius 1 is 1.32 bits per heavy atom. The fourth-order valence-corrected chi connectivity index (χ4v) is 4.79. The highest BCUT2D eigenvalue weighted by molar-refractivity contribution is 7.19. The molecule has 0 spiro atoms. The lowest BCUT2D eigenvalue weighted by atomic mass is 9.94. The lowest BCUT2D eigenvalue weighted by Gasteiger charge is -2.30. The van der Waals surface area contributed by atoms with E-state index in [1.54, 1.807) is 17.7 Å². The van der Waals surface area contributed by atoms with Crippen LogP contribution in [0.5, 0.6) is 0 Å². The Balaban J connectivity index is 1.58. The summed E-state index contributed by atoms with van der Waals surface area (Å²) in [5.41, 5.74) is 2.13. The largest absolute Gasteiger partial charge is 0.370 e. The van der Waals surface area contributed by atoms with Gasteiger partial charge >= 0.3 is 0 Å². The quantitative estimate of drug-likeness (QED) is 0.725. The van der Waals surface area contributed by atoms with Crippen LogP contribution < -0.4 is 4.90 Å². The first-order valence-electron chi connectivity index (χ1n) is 8.79. The molecule has 7 nitrogen and oxygen atoms in total. The maximum atomic E-state index is 5.96. The van der Waals surface area contributed by atoms with Gasteiger partial charge in [-0.15, -0.1) is 16.4 Å². The van der Waals surface area contributed by atoms with E-state index in [1.807, 2.05) is 4.52 Å². The predicted octanol–water partition coefficient (Wildman–Crippen LogP) is 0.605. The zero-order valence-corrected chi connectivity index (χ0v) is 15.4. The van der Waals surface area contributed by atoms with Gasteiger partial charge in [0.05, 0.1) is 30.8 Å². The van der Waals surface area contributed by atoms with Crippen LogP contribution in [0.2, 0.25) is 0 Å². The van der Waals surface area contributed by atoms with Crippen LogP contribution in [0.25, 0.3) is 15.9 Å². The summed E-state index contributed by atoms with van der Waals surface area (Å²) in [6, 6.07) is 0. The van der Waals surface area contributed by atoms with Crippen LogP contribution in [0.3, 0.4) is 0 Å². The zero-order valence-electron chi connectivity index (χ0n) is 14.5. The van der Waals surface area contributed by atoms with Crippen molar-refractivity contribution in [1.29, 1.82) is 0 Å². The number of ether oxygens (including phenoxy) is 2. The number of rotatable bonds is 2. The van der Waals surface area contributed by atoms with Crippen LogP contribution in [-0.2, 0) is 29.0 Å². The smallest absolute Gasteiger partial charge is 0.206 e. The number of aromatic nitrogens is 4. The molecule has 5 heterocycles. The van der Waals surface area contributed by atoms with Crippen LogP contribution in [0.1, 0.15) is 30.1 Å². The van der Waals surface area contributed by atoms with Crippen molar-refractivity contribution < 1.29 is 14.4 Å². The second-order valence-corrected chi connectivity index (χ2v) is 8.57. The predicted molar refractivity (Wildman–Crippen MR) is 94.0 cm³/mol. The molecule has 0 radical (unpaired) electrons. The molecule has 0 amide bonds. The molecule has 0 aromatic carbocycles. The van der Waals surface area contributed by atoms with Gasteiger partial charge in [-0.25, -0.2) is 14.5 Å². The standard InChI is InChI=1S/C17H21N5O2S/c1-17(2)7-11-12(9-24-17)25-16-14(11)15-19-13(20-22(15)10-18-16)8-21-3-5-23-6-4-21/h10H,3-9H2,1-2H3/p+1. The van der Waals surface area contributed by atoms with E-state index in [2.05, 4.69) is 23.9 Å². The molecule has 0 saturated carbocycles. The van der Waals surface area contributed by atoms with E-state index < -0.39 is 0 Å². The Labute approximate surface area is 149 Å². The van der Waals surface area contributed by atoms with Gasteiger partial charge < -0.3 is 14.4 Å². The molecule has 1 N–H and O–H groups in total. The second kappa shape index (κ2) is 5.70. The average Bonchev–Trinajstić information content (AvgIpc) is 3.14. The number of fused-ring (bicyclic) bond motifs is 5. The fraction of sp³-hybridized carbons (Fsp3) is 0.588. The summed E-state index contributed by atoms with van der Waals surface area (Å²) >= 11 is 1.72. The van der Waals surface area contributed by atoms with Crippen molar-refractivity contribution in [2.75, 3.05) is 26.3 Å². The molecule has 3 aromatic rings. The molecular weight excluding hydrogens is 338 g/mol. The van der Waals surface area contributed by atoms with Crippen LogP contribution >= 0.6 is 11.3 Å². The highest BCUT2D eigenvalue weighted by Gasteiger charge is 2.31. The molecule has 2 aliphatic heterocycles. The molecule has 3 aromatic heterocycles. The third-order valence-corrected chi connectivity index (χ3v) is 6.17. The van der Waals surface area contributed by atoms with Gasteiger partial charge in [0.1, 0.15) is 30.8 Å².